The second-order valence-corrected chi connectivity index (χ2v) is 6.74. The third-order valence-corrected chi connectivity index (χ3v) is 5.07. The Morgan fingerprint density at radius 1 is 1.08 bits per heavy atom. The lowest BCUT2D eigenvalue weighted by Gasteiger charge is -2.36. The van der Waals surface area contributed by atoms with Gasteiger partial charge in [-0.2, -0.15) is 0 Å². The van der Waals surface area contributed by atoms with Gasteiger partial charge in [-0.1, -0.05) is 0 Å². The molecule has 0 aromatic heterocycles. The van der Waals surface area contributed by atoms with Crippen molar-refractivity contribution in [1.29, 1.82) is 0 Å². The molecule has 4 amide bonds. The van der Waals surface area contributed by atoms with Crippen molar-refractivity contribution in [2.45, 2.75) is 12.8 Å². The molecule has 0 aliphatic carbocycles. The molecule has 0 spiro atoms. The second kappa shape index (κ2) is 7.38. The Balaban J connectivity index is 1.53. The number of carbonyl (C=O) groups is 3. The molecule has 1 atom stereocenters. The Labute approximate surface area is 142 Å². The zero-order valence-corrected chi connectivity index (χ0v) is 14.3. The lowest BCUT2D eigenvalue weighted by Crippen LogP contribution is -2.51. The number of likely N-dealkylation sites (N-methyl/N-ethyl adjacent to an activating group) is 1. The summed E-state index contributed by atoms with van der Waals surface area (Å²) in [6.45, 7) is 4.95. The molecule has 3 aliphatic heterocycles. The van der Waals surface area contributed by atoms with Gasteiger partial charge in [-0.3, -0.25) is 9.59 Å². The van der Waals surface area contributed by atoms with Gasteiger partial charge < -0.3 is 24.3 Å². The number of hydrogen-bond acceptors (Lipinski definition) is 4. The molecule has 0 radical (unpaired) electrons. The molecule has 0 aromatic carbocycles. The van der Waals surface area contributed by atoms with Gasteiger partial charge in [0.15, 0.2) is 0 Å². The maximum Gasteiger partial charge on any atom is 0.320 e. The standard InChI is InChI=1S/C16H26N4O4/c1-17-5-6-20(16(17)23)12-14(21)19-4-2-3-13(11-19)15(22)18-7-9-24-10-8-18/h13H,2-12H2,1H3/t13-/m1/s1. The predicted octanol–water partition coefficient (Wildman–Crippen LogP) is -0.549. The molecule has 3 aliphatic rings. The van der Waals surface area contributed by atoms with Crippen molar-refractivity contribution in [2.24, 2.45) is 5.92 Å². The van der Waals surface area contributed by atoms with Crippen LogP contribution < -0.4 is 0 Å². The molecule has 8 heteroatoms. The molecule has 3 heterocycles. The van der Waals surface area contributed by atoms with Gasteiger partial charge in [0.1, 0.15) is 6.54 Å². The predicted molar refractivity (Wildman–Crippen MR) is 86.3 cm³/mol. The van der Waals surface area contributed by atoms with Crippen molar-refractivity contribution in [1.82, 2.24) is 19.6 Å². The highest BCUT2D eigenvalue weighted by Gasteiger charge is 2.34. The van der Waals surface area contributed by atoms with Crippen LogP contribution in [0.25, 0.3) is 0 Å². The lowest BCUT2D eigenvalue weighted by atomic mass is 9.96. The fourth-order valence-corrected chi connectivity index (χ4v) is 3.56. The minimum Gasteiger partial charge on any atom is -0.378 e. The van der Waals surface area contributed by atoms with E-state index in [4.69, 9.17) is 4.74 Å². The normalized spacial score (nSPS) is 25.4. The summed E-state index contributed by atoms with van der Waals surface area (Å²) in [5, 5.41) is 0. The zero-order valence-electron chi connectivity index (χ0n) is 14.3. The monoisotopic (exact) mass is 338 g/mol. The van der Waals surface area contributed by atoms with Crippen LogP contribution in [0.4, 0.5) is 4.79 Å². The summed E-state index contributed by atoms with van der Waals surface area (Å²) >= 11 is 0. The van der Waals surface area contributed by atoms with Crippen molar-refractivity contribution < 1.29 is 19.1 Å². The van der Waals surface area contributed by atoms with Crippen LogP contribution in [0.15, 0.2) is 0 Å². The Bertz CT molecular complexity index is 506. The number of ether oxygens (including phenoxy) is 1. The molecule has 8 nitrogen and oxygen atoms in total. The first-order chi connectivity index (χ1) is 11.6. The molecule has 24 heavy (non-hydrogen) atoms. The largest absolute Gasteiger partial charge is 0.378 e. The topological polar surface area (TPSA) is 73.4 Å². The number of likely N-dealkylation sites (tertiary alicyclic amines) is 1. The molecule has 3 rings (SSSR count). The van der Waals surface area contributed by atoms with Crippen molar-refractivity contribution in [3.05, 3.63) is 0 Å². The number of carbonyl (C=O) groups excluding carboxylic acids is 3. The molecule has 0 N–H and O–H groups in total. The summed E-state index contributed by atoms with van der Waals surface area (Å²) in [6, 6.07) is -0.0960. The van der Waals surface area contributed by atoms with Crippen LogP contribution in [-0.2, 0) is 14.3 Å². The lowest BCUT2D eigenvalue weighted by molar-refractivity contribution is -0.144. The molecule has 134 valence electrons. The second-order valence-electron chi connectivity index (χ2n) is 6.74. The van der Waals surface area contributed by atoms with E-state index in [1.165, 1.54) is 0 Å². The fraction of sp³-hybridized carbons (Fsp3) is 0.812. The summed E-state index contributed by atoms with van der Waals surface area (Å²) < 4.78 is 5.29. The molecule has 0 unspecified atom stereocenters. The minimum absolute atomic E-state index is 0.0573. The zero-order chi connectivity index (χ0) is 17.1. The van der Waals surface area contributed by atoms with Gasteiger partial charge in [0.05, 0.1) is 19.1 Å². The first-order valence-electron chi connectivity index (χ1n) is 8.70. The minimum atomic E-state index is -0.127. The van der Waals surface area contributed by atoms with Crippen LogP contribution >= 0.6 is 0 Å². The number of urea groups is 1. The highest BCUT2D eigenvalue weighted by molar-refractivity contribution is 5.86. The third-order valence-electron chi connectivity index (χ3n) is 5.07. The number of rotatable bonds is 3. The van der Waals surface area contributed by atoms with Gasteiger partial charge in [0.25, 0.3) is 0 Å². The summed E-state index contributed by atoms with van der Waals surface area (Å²) in [4.78, 5) is 43.8. The van der Waals surface area contributed by atoms with E-state index >= 15 is 0 Å². The molecule has 0 aromatic rings. The Hall–Kier alpha value is -1.83. The molecule has 0 saturated carbocycles. The number of morpholine rings is 1. The summed E-state index contributed by atoms with van der Waals surface area (Å²) in [7, 11) is 1.74. The van der Waals surface area contributed by atoms with Gasteiger partial charge in [-0.15, -0.1) is 0 Å². The first-order valence-corrected chi connectivity index (χ1v) is 8.70. The maximum atomic E-state index is 12.6. The van der Waals surface area contributed by atoms with E-state index in [9.17, 15) is 14.4 Å². The molecule has 3 fully saturated rings. The Morgan fingerprint density at radius 3 is 2.50 bits per heavy atom. The van der Waals surface area contributed by atoms with Crippen LogP contribution in [0, 0.1) is 5.92 Å². The van der Waals surface area contributed by atoms with Gasteiger partial charge >= 0.3 is 6.03 Å². The highest BCUT2D eigenvalue weighted by Crippen LogP contribution is 2.20. The van der Waals surface area contributed by atoms with E-state index in [0.717, 1.165) is 12.8 Å². The number of piperidine rings is 1. The number of nitrogens with zero attached hydrogens (tertiary/aromatic N) is 4. The maximum absolute atomic E-state index is 12.6. The quantitative estimate of drug-likeness (QED) is 0.692. The third kappa shape index (κ3) is 3.63. The van der Waals surface area contributed by atoms with Gasteiger partial charge in [0.2, 0.25) is 11.8 Å². The van der Waals surface area contributed by atoms with E-state index in [0.29, 0.717) is 52.5 Å². The molecule has 3 saturated heterocycles. The van der Waals surface area contributed by atoms with Crippen LogP contribution in [0.1, 0.15) is 12.8 Å². The molecular formula is C16H26N4O4. The fourth-order valence-electron chi connectivity index (χ4n) is 3.56. The Morgan fingerprint density at radius 2 is 1.83 bits per heavy atom. The van der Waals surface area contributed by atoms with Crippen molar-refractivity contribution >= 4 is 17.8 Å². The highest BCUT2D eigenvalue weighted by atomic mass is 16.5. The molecular weight excluding hydrogens is 312 g/mol. The van der Waals surface area contributed by atoms with E-state index in [1.807, 2.05) is 4.90 Å². The van der Waals surface area contributed by atoms with E-state index < -0.39 is 0 Å². The summed E-state index contributed by atoms with van der Waals surface area (Å²) in [5.74, 6) is -0.0522. The average molecular weight is 338 g/mol. The van der Waals surface area contributed by atoms with Gasteiger partial charge in [-0.25, -0.2) is 4.79 Å². The summed E-state index contributed by atoms with van der Waals surface area (Å²) in [6.07, 6.45) is 1.66. The van der Waals surface area contributed by atoms with Crippen LogP contribution in [0.5, 0.6) is 0 Å². The Kier molecular flexibility index (Phi) is 5.23. The van der Waals surface area contributed by atoms with E-state index in [2.05, 4.69) is 0 Å². The van der Waals surface area contributed by atoms with Crippen LogP contribution in [0.2, 0.25) is 0 Å². The van der Waals surface area contributed by atoms with Crippen molar-refractivity contribution in [3.63, 3.8) is 0 Å². The van der Waals surface area contributed by atoms with E-state index in [-0.39, 0.29) is 30.3 Å². The van der Waals surface area contributed by atoms with Crippen LogP contribution in [0.3, 0.4) is 0 Å². The van der Waals surface area contributed by atoms with Crippen molar-refractivity contribution in [2.75, 3.05) is 66.1 Å². The molecule has 0 bridgehead atoms. The van der Waals surface area contributed by atoms with Crippen LogP contribution in [-0.4, -0.2) is 104 Å². The van der Waals surface area contributed by atoms with Gasteiger partial charge in [0, 0.05) is 46.3 Å². The first kappa shape index (κ1) is 17.0. The summed E-state index contributed by atoms with van der Waals surface area (Å²) in [5.41, 5.74) is 0. The number of amides is 4. The number of hydrogen-bond donors (Lipinski definition) is 0. The van der Waals surface area contributed by atoms with E-state index in [1.54, 1.807) is 21.7 Å². The van der Waals surface area contributed by atoms with Crippen molar-refractivity contribution in [3.8, 4) is 0 Å². The van der Waals surface area contributed by atoms with Gasteiger partial charge in [-0.05, 0) is 12.8 Å². The smallest absolute Gasteiger partial charge is 0.320 e. The SMILES string of the molecule is CN1CCN(CC(=O)N2CCC[C@@H](C(=O)N3CCOCC3)C2)C1=O. The average Bonchev–Trinajstić information content (AvgIpc) is 2.94.